The zero-order valence-corrected chi connectivity index (χ0v) is 22.1. The van der Waals surface area contributed by atoms with E-state index in [1.807, 2.05) is 6.26 Å². The van der Waals surface area contributed by atoms with Gasteiger partial charge in [-0.3, -0.25) is 19.2 Å². The number of phenolic OH excluding ortho intramolecular Hbond substituents is 1. The van der Waals surface area contributed by atoms with Crippen molar-refractivity contribution in [3.05, 3.63) is 48.0 Å². The minimum atomic E-state index is -1.32. The molecule has 4 unspecified atom stereocenters. The van der Waals surface area contributed by atoms with Crippen molar-refractivity contribution in [2.24, 2.45) is 11.5 Å². The minimum absolute atomic E-state index is 0.00132. The van der Waals surface area contributed by atoms with Crippen molar-refractivity contribution >= 4 is 41.4 Å². The molecule has 0 radical (unpaired) electrons. The molecule has 4 amide bonds. The molecule has 0 bridgehead atoms. The fourth-order valence-corrected chi connectivity index (χ4v) is 4.00. The maximum Gasteiger partial charge on any atom is 0.326 e. The maximum absolute atomic E-state index is 13.3. The van der Waals surface area contributed by atoms with Crippen LogP contribution in [0.1, 0.15) is 24.1 Å². The van der Waals surface area contributed by atoms with E-state index in [1.54, 1.807) is 12.1 Å². The van der Waals surface area contributed by atoms with E-state index in [-0.39, 0.29) is 25.0 Å². The molecule has 10 N–H and O–H groups in total. The van der Waals surface area contributed by atoms with Crippen molar-refractivity contribution in [3.63, 3.8) is 0 Å². The smallest absolute Gasteiger partial charge is 0.326 e. The van der Waals surface area contributed by atoms with E-state index in [0.717, 1.165) is 0 Å². The van der Waals surface area contributed by atoms with Gasteiger partial charge in [-0.05, 0) is 36.1 Å². The van der Waals surface area contributed by atoms with Crippen molar-refractivity contribution in [2.75, 3.05) is 12.0 Å². The Morgan fingerprint density at radius 2 is 1.59 bits per heavy atom. The number of nitrogens with two attached hydrogens (primary N) is 2. The van der Waals surface area contributed by atoms with Gasteiger partial charge in [0.1, 0.15) is 23.9 Å². The monoisotopic (exact) mass is 563 g/mol. The lowest BCUT2D eigenvalue weighted by atomic mass is 10.0. The number of imidazole rings is 1. The summed E-state index contributed by atoms with van der Waals surface area (Å²) in [5.74, 6) is -3.84. The number of aromatic amines is 1. The molecule has 212 valence electrons. The number of amides is 4. The average molecular weight is 564 g/mol. The molecule has 0 saturated heterocycles. The number of primary amides is 1. The third-order valence-corrected chi connectivity index (χ3v) is 6.25. The van der Waals surface area contributed by atoms with Crippen molar-refractivity contribution in [3.8, 4) is 5.75 Å². The number of hydrogen-bond donors (Lipinski definition) is 8. The number of phenols is 1. The molecule has 1 aromatic carbocycles. The number of carboxylic acid groups (broad SMARTS) is 1. The van der Waals surface area contributed by atoms with Crippen molar-refractivity contribution in [2.45, 2.75) is 49.9 Å². The first-order valence-electron chi connectivity index (χ1n) is 11.9. The number of aromatic hydroxyl groups is 1. The Morgan fingerprint density at radius 3 is 2.15 bits per heavy atom. The number of nitrogens with one attached hydrogen (secondary N) is 4. The molecule has 0 aliphatic carbocycles. The number of carbonyl (C=O) groups excluding carboxylic acids is 4. The molecule has 0 spiro atoms. The number of aliphatic carboxylic acids is 1. The molecule has 1 heterocycles. The SMILES string of the molecule is CSCCC(NC(=O)C(N)CC(N)=O)C(=O)NC(Cc1ccc(O)cc1)C(=O)NC(Cc1cnc[nH]1)C(=O)O. The highest BCUT2D eigenvalue weighted by Crippen LogP contribution is 2.12. The van der Waals surface area contributed by atoms with Gasteiger partial charge in [0.25, 0.3) is 0 Å². The molecule has 0 fully saturated rings. The largest absolute Gasteiger partial charge is 0.508 e. The first kappa shape index (κ1) is 31.1. The van der Waals surface area contributed by atoms with Crippen LogP contribution in [-0.4, -0.2) is 86.0 Å². The highest BCUT2D eigenvalue weighted by atomic mass is 32.2. The summed E-state index contributed by atoms with van der Waals surface area (Å²) in [4.78, 5) is 68.5. The normalized spacial score (nSPS) is 13.9. The number of hydrogen-bond acceptors (Lipinski definition) is 9. The quantitative estimate of drug-likeness (QED) is 0.116. The molecule has 0 saturated carbocycles. The minimum Gasteiger partial charge on any atom is -0.508 e. The van der Waals surface area contributed by atoms with Crippen molar-refractivity contribution < 1.29 is 34.2 Å². The average Bonchev–Trinajstić information content (AvgIpc) is 3.39. The zero-order chi connectivity index (χ0) is 28.9. The standard InChI is InChI=1S/C24H33N7O7S/c1-39-7-6-17(29-21(34)16(25)10-20(26)33)22(35)30-18(8-13-2-4-15(32)5-3-13)23(36)31-19(24(37)38)9-14-11-27-12-28-14/h2-5,11-12,16-19,32H,6-10,25H2,1H3,(H2,26,33)(H,27,28)(H,29,34)(H,30,35)(H,31,36)(H,37,38). The van der Waals surface area contributed by atoms with Crippen LogP contribution in [0.2, 0.25) is 0 Å². The molecule has 1 aromatic heterocycles. The van der Waals surface area contributed by atoms with E-state index in [4.69, 9.17) is 11.5 Å². The number of benzene rings is 1. The Kier molecular flexibility index (Phi) is 12.2. The third-order valence-electron chi connectivity index (χ3n) is 5.60. The van der Waals surface area contributed by atoms with Gasteiger partial charge < -0.3 is 42.6 Å². The lowest BCUT2D eigenvalue weighted by molar-refractivity contribution is -0.142. The van der Waals surface area contributed by atoms with E-state index in [0.29, 0.717) is 17.0 Å². The van der Waals surface area contributed by atoms with Gasteiger partial charge >= 0.3 is 5.97 Å². The Hall–Kier alpha value is -4.11. The van der Waals surface area contributed by atoms with E-state index in [2.05, 4.69) is 25.9 Å². The molecular weight excluding hydrogens is 530 g/mol. The topological polar surface area (TPSA) is 243 Å². The molecule has 15 heteroatoms. The second-order valence-corrected chi connectivity index (χ2v) is 9.72. The van der Waals surface area contributed by atoms with Crippen LogP contribution in [0.5, 0.6) is 5.75 Å². The molecular formula is C24H33N7O7S. The van der Waals surface area contributed by atoms with Crippen LogP contribution in [0, 0.1) is 0 Å². The number of carboxylic acids is 1. The lowest BCUT2D eigenvalue weighted by Gasteiger charge is -2.25. The fourth-order valence-electron chi connectivity index (χ4n) is 3.53. The van der Waals surface area contributed by atoms with Gasteiger partial charge in [-0.25, -0.2) is 9.78 Å². The predicted octanol–water partition coefficient (Wildman–Crippen LogP) is -1.60. The summed E-state index contributed by atoms with van der Waals surface area (Å²) in [7, 11) is 0. The zero-order valence-electron chi connectivity index (χ0n) is 21.3. The van der Waals surface area contributed by atoms with Gasteiger partial charge in [0, 0.05) is 24.7 Å². The van der Waals surface area contributed by atoms with E-state index < -0.39 is 60.2 Å². The van der Waals surface area contributed by atoms with Crippen LogP contribution in [0.25, 0.3) is 0 Å². The molecule has 0 aliphatic heterocycles. The Labute approximate surface area is 228 Å². The summed E-state index contributed by atoms with van der Waals surface area (Å²) in [6.45, 7) is 0. The molecule has 4 atom stereocenters. The van der Waals surface area contributed by atoms with Gasteiger partial charge in [-0.1, -0.05) is 12.1 Å². The summed E-state index contributed by atoms with van der Waals surface area (Å²) < 4.78 is 0. The second kappa shape index (κ2) is 15.3. The van der Waals surface area contributed by atoms with E-state index >= 15 is 0 Å². The summed E-state index contributed by atoms with van der Waals surface area (Å²) in [5, 5.41) is 26.8. The van der Waals surface area contributed by atoms with Gasteiger partial charge in [-0.15, -0.1) is 0 Å². The second-order valence-electron chi connectivity index (χ2n) is 8.73. The first-order valence-corrected chi connectivity index (χ1v) is 13.3. The molecule has 2 rings (SSSR count). The van der Waals surface area contributed by atoms with Crippen LogP contribution >= 0.6 is 11.8 Å². The van der Waals surface area contributed by atoms with Gasteiger partial charge in [0.2, 0.25) is 23.6 Å². The first-order chi connectivity index (χ1) is 18.5. The molecule has 0 aliphatic rings. The highest BCUT2D eigenvalue weighted by Gasteiger charge is 2.31. The summed E-state index contributed by atoms with van der Waals surface area (Å²) >= 11 is 1.42. The number of H-pyrrole nitrogens is 1. The van der Waals surface area contributed by atoms with Crippen LogP contribution in [0.4, 0.5) is 0 Å². The van der Waals surface area contributed by atoms with Crippen LogP contribution in [0.3, 0.4) is 0 Å². The summed E-state index contributed by atoms with van der Waals surface area (Å²) in [5.41, 5.74) is 11.9. The van der Waals surface area contributed by atoms with Gasteiger partial charge in [-0.2, -0.15) is 11.8 Å². The molecule has 39 heavy (non-hydrogen) atoms. The molecule has 14 nitrogen and oxygen atoms in total. The van der Waals surface area contributed by atoms with Crippen LogP contribution < -0.4 is 27.4 Å². The number of thioether (sulfide) groups is 1. The number of aromatic nitrogens is 2. The summed E-state index contributed by atoms with van der Waals surface area (Å²) in [6, 6.07) is 1.00. The number of rotatable bonds is 16. The number of carbonyl (C=O) groups is 5. The molecule has 2 aromatic rings. The predicted molar refractivity (Wildman–Crippen MR) is 142 cm³/mol. The fraction of sp³-hybridized carbons (Fsp3) is 0.417. The Bertz CT molecular complexity index is 1130. The number of nitrogens with zero attached hydrogens (tertiary/aromatic N) is 1. The van der Waals surface area contributed by atoms with Crippen molar-refractivity contribution in [1.82, 2.24) is 25.9 Å². The third kappa shape index (κ3) is 10.6. The van der Waals surface area contributed by atoms with Gasteiger partial charge in [0.15, 0.2) is 0 Å². The highest BCUT2D eigenvalue weighted by molar-refractivity contribution is 7.98. The Morgan fingerprint density at radius 1 is 0.974 bits per heavy atom. The van der Waals surface area contributed by atoms with Gasteiger partial charge in [0.05, 0.1) is 18.8 Å². The van der Waals surface area contributed by atoms with E-state index in [1.165, 1.54) is 36.4 Å². The lowest BCUT2D eigenvalue weighted by Crippen LogP contribution is -2.58. The van der Waals surface area contributed by atoms with E-state index in [9.17, 15) is 34.2 Å². The Balaban J connectivity index is 2.24. The summed E-state index contributed by atoms with van der Waals surface area (Å²) in [6.07, 6.45) is 4.27. The van der Waals surface area contributed by atoms with Crippen molar-refractivity contribution in [1.29, 1.82) is 0 Å². The maximum atomic E-state index is 13.3. The van der Waals surface area contributed by atoms with Crippen LogP contribution in [-0.2, 0) is 36.8 Å². The van der Waals surface area contributed by atoms with Crippen LogP contribution in [0.15, 0.2) is 36.8 Å².